The van der Waals surface area contributed by atoms with E-state index in [0.29, 0.717) is 19.0 Å². The zero-order valence-electron chi connectivity index (χ0n) is 13.4. The highest BCUT2D eigenvalue weighted by molar-refractivity contribution is 9.10. The number of benzene rings is 1. The van der Waals surface area contributed by atoms with Crippen molar-refractivity contribution in [2.75, 3.05) is 31.1 Å². The Balaban J connectivity index is 1.57. The standard InChI is InChI=1S/C18H20BrN3O2/c19-15-1-2-16-17-13(9-20-10-14(15)17)5-8-22(16)11-12-3-6-21(7-4-12)18(23)24/h1-2,9-10,12H,3-8,11H2,(H,23,24). The van der Waals surface area contributed by atoms with Crippen molar-refractivity contribution in [3.8, 4) is 0 Å². The van der Waals surface area contributed by atoms with Crippen molar-refractivity contribution in [3.63, 3.8) is 0 Å². The molecular weight excluding hydrogens is 370 g/mol. The van der Waals surface area contributed by atoms with Gasteiger partial charge in [0.2, 0.25) is 0 Å². The number of anilines is 1. The van der Waals surface area contributed by atoms with Gasteiger partial charge >= 0.3 is 6.09 Å². The number of nitrogens with zero attached hydrogens (tertiary/aromatic N) is 3. The molecule has 0 atom stereocenters. The largest absolute Gasteiger partial charge is 0.465 e. The quantitative estimate of drug-likeness (QED) is 0.849. The number of aromatic nitrogens is 1. The van der Waals surface area contributed by atoms with E-state index in [-0.39, 0.29) is 0 Å². The Morgan fingerprint density at radius 1 is 1.25 bits per heavy atom. The van der Waals surface area contributed by atoms with E-state index in [1.807, 2.05) is 12.4 Å². The summed E-state index contributed by atoms with van der Waals surface area (Å²) in [6.07, 6.45) is 6.05. The van der Waals surface area contributed by atoms with Crippen LogP contribution in [0.3, 0.4) is 0 Å². The van der Waals surface area contributed by atoms with E-state index < -0.39 is 6.09 Å². The third-order valence-corrected chi connectivity index (χ3v) is 5.97. The van der Waals surface area contributed by atoms with E-state index >= 15 is 0 Å². The molecule has 0 bridgehead atoms. The van der Waals surface area contributed by atoms with Gasteiger partial charge in [0.15, 0.2) is 0 Å². The van der Waals surface area contributed by atoms with E-state index in [1.165, 1.54) is 26.9 Å². The van der Waals surface area contributed by atoms with Crippen molar-refractivity contribution < 1.29 is 9.90 Å². The van der Waals surface area contributed by atoms with Crippen molar-refractivity contribution in [1.29, 1.82) is 0 Å². The highest BCUT2D eigenvalue weighted by Crippen LogP contribution is 2.38. The number of carboxylic acid groups (broad SMARTS) is 1. The number of hydrogen-bond donors (Lipinski definition) is 1. The zero-order chi connectivity index (χ0) is 16.7. The van der Waals surface area contributed by atoms with Crippen LogP contribution in [-0.4, -0.2) is 47.3 Å². The number of amides is 1. The summed E-state index contributed by atoms with van der Waals surface area (Å²) in [5, 5.41) is 11.6. The molecule has 1 aromatic carbocycles. The van der Waals surface area contributed by atoms with Gasteiger partial charge in [-0.05, 0) is 42.9 Å². The molecule has 1 aromatic heterocycles. The van der Waals surface area contributed by atoms with Gasteiger partial charge in [0.1, 0.15) is 0 Å². The Morgan fingerprint density at radius 3 is 2.79 bits per heavy atom. The molecule has 2 aliphatic heterocycles. The summed E-state index contributed by atoms with van der Waals surface area (Å²) in [5.41, 5.74) is 2.61. The van der Waals surface area contributed by atoms with Gasteiger partial charge in [0, 0.05) is 59.5 Å². The van der Waals surface area contributed by atoms with Crippen LogP contribution in [0.1, 0.15) is 18.4 Å². The fraction of sp³-hybridized carbons (Fsp3) is 0.444. The van der Waals surface area contributed by atoms with Crippen molar-refractivity contribution >= 4 is 38.5 Å². The molecule has 5 nitrogen and oxygen atoms in total. The fourth-order valence-corrected chi connectivity index (χ4v) is 4.38. The van der Waals surface area contributed by atoms with E-state index in [9.17, 15) is 4.79 Å². The van der Waals surface area contributed by atoms with Crippen LogP contribution in [0.15, 0.2) is 29.0 Å². The number of piperidine rings is 1. The molecule has 2 aliphatic rings. The average Bonchev–Trinajstić information content (AvgIpc) is 2.60. The number of carbonyl (C=O) groups is 1. The summed E-state index contributed by atoms with van der Waals surface area (Å²) in [5.74, 6) is 0.558. The normalized spacial score (nSPS) is 18.2. The minimum absolute atomic E-state index is 0.558. The molecule has 24 heavy (non-hydrogen) atoms. The molecule has 0 unspecified atom stereocenters. The molecule has 4 rings (SSSR count). The van der Waals surface area contributed by atoms with Crippen LogP contribution >= 0.6 is 15.9 Å². The summed E-state index contributed by atoms with van der Waals surface area (Å²) < 4.78 is 1.09. The van der Waals surface area contributed by atoms with Gasteiger partial charge in [-0.15, -0.1) is 0 Å². The minimum Gasteiger partial charge on any atom is -0.465 e. The SMILES string of the molecule is O=C(O)N1CCC(CN2CCc3cncc4c(Br)ccc2c34)CC1. The molecule has 6 heteroatoms. The lowest BCUT2D eigenvalue weighted by Crippen LogP contribution is -2.42. The molecule has 2 aromatic rings. The highest BCUT2D eigenvalue weighted by atomic mass is 79.9. The van der Waals surface area contributed by atoms with Crippen molar-refractivity contribution in [2.24, 2.45) is 5.92 Å². The number of pyridine rings is 1. The number of halogens is 1. The molecule has 0 spiro atoms. The van der Waals surface area contributed by atoms with E-state index in [1.54, 1.807) is 0 Å². The maximum absolute atomic E-state index is 11.1. The van der Waals surface area contributed by atoms with Gasteiger partial charge in [-0.1, -0.05) is 15.9 Å². The first kappa shape index (κ1) is 15.7. The third kappa shape index (κ3) is 2.73. The van der Waals surface area contributed by atoms with Gasteiger partial charge in [-0.2, -0.15) is 0 Å². The summed E-state index contributed by atoms with van der Waals surface area (Å²) in [4.78, 5) is 19.4. The first-order chi connectivity index (χ1) is 11.6. The first-order valence-electron chi connectivity index (χ1n) is 8.41. The minimum atomic E-state index is -0.789. The summed E-state index contributed by atoms with van der Waals surface area (Å²) in [7, 11) is 0. The molecule has 1 fully saturated rings. The fourth-order valence-electron chi connectivity index (χ4n) is 3.95. The summed E-state index contributed by atoms with van der Waals surface area (Å²) >= 11 is 3.64. The second-order valence-corrected chi connectivity index (χ2v) is 7.55. The molecular formula is C18H20BrN3O2. The average molecular weight is 390 g/mol. The molecule has 0 aliphatic carbocycles. The maximum Gasteiger partial charge on any atom is 0.407 e. The Labute approximate surface area is 149 Å². The summed E-state index contributed by atoms with van der Waals surface area (Å²) in [6.45, 7) is 3.33. The van der Waals surface area contributed by atoms with E-state index in [0.717, 1.165) is 36.8 Å². The second-order valence-electron chi connectivity index (χ2n) is 6.70. The Hall–Kier alpha value is -1.82. The molecule has 1 amide bonds. The second kappa shape index (κ2) is 6.24. The number of hydrogen-bond acceptors (Lipinski definition) is 3. The molecule has 1 saturated heterocycles. The first-order valence-corrected chi connectivity index (χ1v) is 9.20. The van der Waals surface area contributed by atoms with Gasteiger partial charge in [-0.25, -0.2) is 4.79 Å². The molecule has 0 radical (unpaired) electrons. The zero-order valence-corrected chi connectivity index (χ0v) is 15.0. The van der Waals surface area contributed by atoms with Gasteiger partial charge in [-0.3, -0.25) is 4.98 Å². The topological polar surface area (TPSA) is 56.7 Å². The number of likely N-dealkylation sites (tertiary alicyclic amines) is 1. The molecule has 1 N–H and O–H groups in total. The predicted molar refractivity (Wildman–Crippen MR) is 97.7 cm³/mol. The van der Waals surface area contributed by atoms with Gasteiger partial charge in [0.25, 0.3) is 0 Å². The van der Waals surface area contributed by atoms with Crippen LogP contribution in [0, 0.1) is 5.92 Å². The molecule has 0 saturated carbocycles. The van der Waals surface area contributed by atoms with E-state index in [2.05, 4.69) is 37.9 Å². The van der Waals surface area contributed by atoms with E-state index in [4.69, 9.17) is 5.11 Å². The van der Waals surface area contributed by atoms with Crippen LogP contribution in [0.4, 0.5) is 10.5 Å². The van der Waals surface area contributed by atoms with Gasteiger partial charge in [0.05, 0.1) is 0 Å². The molecule has 126 valence electrons. The lowest BCUT2D eigenvalue weighted by Gasteiger charge is -2.37. The van der Waals surface area contributed by atoms with Crippen molar-refractivity contribution in [2.45, 2.75) is 19.3 Å². The smallest absolute Gasteiger partial charge is 0.407 e. The van der Waals surface area contributed by atoms with Crippen LogP contribution in [0.5, 0.6) is 0 Å². The Bertz CT molecular complexity index is 787. The van der Waals surface area contributed by atoms with Gasteiger partial charge < -0.3 is 14.9 Å². The maximum atomic E-state index is 11.1. The monoisotopic (exact) mass is 389 g/mol. The lowest BCUT2D eigenvalue weighted by atomic mass is 9.93. The van der Waals surface area contributed by atoms with Crippen LogP contribution < -0.4 is 4.90 Å². The highest BCUT2D eigenvalue weighted by Gasteiger charge is 2.26. The third-order valence-electron chi connectivity index (χ3n) is 5.28. The number of rotatable bonds is 2. The van der Waals surface area contributed by atoms with Crippen LogP contribution in [0.2, 0.25) is 0 Å². The Kier molecular flexibility index (Phi) is 4.08. The predicted octanol–water partition coefficient (Wildman–Crippen LogP) is 3.75. The summed E-state index contributed by atoms with van der Waals surface area (Å²) in [6, 6.07) is 4.30. The Morgan fingerprint density at radius 2 is 2.04 bits per heavy atom. The van der Waals surface area contributed by atoms with Crippen molar-refractivity contribution in [3.05, 3.63) is 34.6 Å². The van der Waals surface area contributed by atoms with Crippen LogP contribution in [-0.2, 0) is 6.42 Å². The van der Waals surface area contributed by atoms with Crippen molar-refractivity contribution in [1.82, 2.24) is 9.88 Å². The molecule has 3 heterocycles. The van der Waals surface area contributed by atoms with Crippen LogP contribution in [0.25, 0.3) is 10.8 Å². The lowest BCUT2D eigenvalue weighted by molar-refractivity contribution is 0.125.